The molecular formula is C19H21N5O3S. The van der Waals surface area contributed by atoms with E-state index >= 15 is 0 Å². The normalized spacial score (nSPS) is 14.4. The molecule has 2 amide bonds. The fraction of sp³-hybridized carbons (Fsp3) is 0.368. The molecule has 1 fully saturated rings. The third-order valence-corrected chi connectivity index (χ3v) is 5.70. The van der Waals surface area contributed by atoms with Gasteiger partial charge in [0.25, 0.3) is 0 Å². The molecule has 146 valence electrons. The SMILES string of the molecule is O=C(CCC(=O)N1CCN(c2nc3cccnc3s2)CC1)NCc1ccco1. The number of nitrogens with one attached hydrogen (secondary N) is 1. The highest BCUT2D eigenvalue weighted by Crippen LogP contribution is 2.27. The van der Waals surface area contributed by atoms with Gasteiger partial charge < -0.3 is 19.5 Å². The fourth-order valence-electron chi connectivity index (χ4n) is 3.11. The fourth-order valence-corrected chi connectivity index (χ4v) is 4.07. The van der Waals surface area contributed by atoms with Gasteiger partial charge in [-0.1, -0.05) is 11.3 Å². The molecule has 4 rings (SSSR count). The Labute approximate surface area is 166 Å². The lowest BCUT2D eigenvalue weighted by Gasteiger charge is -2.34. The van der Waals surface area contributed by atoms with Crippen LogP contribution in [0.3, 0.4) is 0 Å². The van der Waals surface area contributed by atoms with Crippen LogP contribution >= 0.6 is 11.3 Å². The second-order valence-corrected chi connectivity index (χ2v) is 7.50. The van der Waals surface area contributed by atoms with Gasteiger partial charge in [0, 0.05) is 45.2 Å². The number of fused-ring (bicyclic) bond motifs is 1. The molecular weight excluding hydrogens is 378 g/mol. The van der Waals surface area contributed by atoms with Gasteiger partial charge >= 0.3 is 0 Å². The largest absolute Gasteiger partial charge is 0.467 e. The molecule has 0 radical (unpaired) electrons. The van der Waals surface area contributed by atoms with Crippen molar-refractivity contribution in [3.8, 4) is 0 Å². The Balaban J connectivity index is 1.22. The molecule has 4 heterocycles. The zero-order chi connectivity index (χ0) is 19.3. The number of nitrogens with zero attached hydrogens (tertiary/aromatic N) is 4. The van der Waals surface area contributed by atoms with Crippen molar-refractivity contribution in [1.29, 1.82) is 0 Å². The number of hydrogen-bond donors (Lipinski definition) is 1. The third kappa shape index (κ3) is 4.30. The van der Waals surface area contributed by atoms with Crippen molar-refractivity contribution in [3.05, 3.63) is 42.5 Å². The molecule has 0 aromatic carbocycles. The van der Waals surface area contributed by atoms with Gasteiger partial charge in [-0.3, -0.25) is 9.59 Å². The molecule has 0 saturated carbocycles. The van der Waals surface area contributed by atoms with E-state index in [0.717, 1.165) is 28.6 Å². The maximum atomic E-state index is 12.4. The summed E-state index contributed by atoms with van der Waals surface area (Å²) in [5.74, 6) is 0.560. The average Bonchev–Trinajstić information content (AvgIpc) is 3.40. The lowest BCUT2D eigenvalue weighted by atomic mass is 10.2. The Morgan fingerprint density at radius 3 is 2.75 bits per heavy atom. The predicted octanol–water partition coefficient (Wildman–Crippen LogP) is 2.03. The number of carbonyl (C=O) groups excluding carboxylic acids is 2. The minimum absolute atomic E-state index is 0.0127. The lowest BCUT2D eigenvalue weighted by Crippen LogP contribution is -2.48. The first-order chi connectivity index (χ1) is 13.7. The number of anilines is 1. The van der Waals surface area contributed by atoms with Crippen molar-refractivity contribution in [2.24, 2.45) is 0 Å². The summed E-state index contributed by atoms with van der Waals surface area (Å²) in [6.07, 6.45) is 3.74. The van der Waals surface area contributed by atoms with Crippen LogP contribution in [0.5, 0.6) is 0 Å². The van der Waals surface area contributed by atoms with Gasteiger partial charge in [0.2, 0.25) is 11.8 Å². The van der Waals surface area contributed by atoms with E-state index in [4.69, 9.17) is 4.42 Å². The first kappa shape index (κ1) is 18.4. The Morgan fingerprint density at radius 1 is 1.14 bits per heavy atom. The van der Waals surface area contributed by atoms with Crippen LogP contribution < -0.4 is 10.2 Å². The molecule has 1 N–H and O–H groups in total. The summed E-state index contributed by atoms with van der Waals surface area (Å²) in [5.41, 5.74) is 0.904. The first-order valence-electron chi connectivity index (χ1n) is 9.22. The number of rotatable bonds is 6. The minimum Gasteiger partial charge on any atom is -0.467 e. The van der Waals surface area contributed by atoms with E-state index in [1.807, 2.05) is 17.0 Å². The first-order valence-corrected chi connectivity index (χ1v) is 10.0. The highest BCUT2D eigenvalue weighted by Gasteiger charge is 2.23. The number of aromatic nitrogens is 2. The molecule has 8 nitrogen and oxygen atoms in total. The topological polar surface area (TPSA) is 91.6 Å². The van der Waals surface area contributed by atoms with Crippen LogP contribution in [0.1, 0.15) is 18.6 Å². The number of hydrogen-bond acceptors (Lipinski definition) is 7. The van der Waals surface area contributed by atoms with E-state index in [0.29, 0.717) is 25.4 Å². The monoisotopic (exact) mass is 399 g/mol. The molecule has 0 spiro atoms. The predicted molar refractivity (Wildman–Crippen MR) is 106 cm³/mol. The molecule has 1 aliphatic heterocycles. The minimum atomic E-state index is -0.148. The molecule has 0 bridgehead atoms. The third-order valence-electron chi connectivity index (χ3n) is 4.66. The van der Waals surface area contributed by atoms with Gasteiger partial charge in [-0.15, -0.1) is 0 Å². The van der Waals surface area contributed by atoms with Crippen molar-refractivity contribution in [1.82, 2.24) is 20.2 Å². The Bertz CT molecular complexity index is 915. The van der Waals surface area contributed by atoms with Gasteiger partial charge in [0.05, 0.1) is 12.8 Å². The smallest absolute Gasteiger partial charge is 0.223 e. The maximum Gasteiger partial charge on any atom is 0.223 e. The van der Waals surface area contributed by atoms with Crippen LogP contribution in [-0.2, 0) is 16.1 Å². The van der Waals surface area contributed by atoms with Crippen LogP contribution in [0.4, 0.5) is 5.13 Å². The van der Waals surface area contributed by atoms with Crippen molar-refractivity contribution in [2.45, 2.75) is 19.4 Å². The number of carbonyl (C=O) groups is 2. The van der Waals surface area contributed by atoms with Gasteiger partial charge in [-0.2, -0.15) is 0 Å². The molecule has 3 aromatic heterocycles. The number of thiazole rings is 1. The van der Waals surface area contributed by atoms with E-state index in [2.05, 4.69) is 20.2 Å². The van der Waals surface area contributed by atoms with E-state index in [-0.39, 0.29) is 24.7 Å². The summed E-state index contributed by atoms with van der Waals surface area (Å²) < 4.78 is 5.17. The van der Waals surface area contributed by atoms with Crippen molar-refractivity contribution in [3.63, 3.8) is 0 Å². The summed E-state index contributed by atoms with van der Waals surface area (Å²) in [6.45, 7) is 3.08. The summed E-state index contributed by atoms with van der Waals surface area (Å²) in [6, 6.07) is 7.41. The molecule has 0 aliphatic carbocycles. The Kier molecular flexibility index (Phi) is 5.52. The number of furan rings is 1. The molecule has 0 atom stereocenters. The van der Waals surface area contributed by atoms with Crippen LogP contribution in [0.15, 0.2) is 41.1 Å². The van der Waals surface area contributed by atoms with E-state index in [1.54, 1.807) is 35.9 Å². The molecule has 1 aliphatic rings. The molecule has 28 heavy (non-hydrogen) atoms. The average molecular weight is 399 g/mol. The lowest BCUT2D eigenvalue weighted by molar-refractivity contribution is -0.133. The number of piperazine rings is 1. The van der Waals surface area contributed by atoms with Crippen molar-refractivity contribution >= 4 is 38.6 Å². The van der Waals surface area contributed by atoms with Crippen LogP contribution in [-0.4, -0.2) is 52.9 Å². The van der Waals surface area contributed by atoms with E-state index in [1.165, 1.54) is 0 Å². The van der Waals surface area contributed by atoms with Gasteiger partial charge in [0.1, 0.15) is 16.1 Å². The standard InChI is InChI=1S/C19H21N5O3S/c25-16(21-13-14-3-2-12-27-14)5-6-17(26)23-8-10-24(11-9-23)19-22-15-4-1-7-20-18(15)28-19/h1-4,7,12H,5-6,8-11,13H2,(H,21,25). The van der Waals surface area contributed by atoms with Crippen molar-refractivity contribution in [2.75, 3.05) is 31.1 Å². The van der Waals surface area contributed by atoms with Crippen LogP contribution in [0.25, 0.3) is 10.3 Å². The molecule has 0 unspecified atom stereocenters. The molecule has 1 saturated heterocycles. The van der Waals surface area contributed by atoms with Crippen molar-refractivity contribution < 1.29 is 14.0 Å². The summed E-state index contributed by atoms with van der Waals surface area (Å²) in [7, 11) is 0. The van der Waals surface area contributed by atoms with Gasteiger partial charge in [-0.25, -0.2) is 9.97 Å². The second-order valence-electron chi connectivity index (χ2n) is 6.55. The quantitative estimate of drug-likeness (QED) is 0.682. The van der Waals surface area contributed by atoms with Crippen LogP contribution in [0.2, 0.25) is 0 Å². The molecule has 9 heteroatoms. The number of amides is 2. The summed E-state index contributed by atoms with van der Waals surface area (Å²) in [5, 5.41) is 3.70. The maximum absolute atomic E-state index is 12.4. The highest BCUT2D eigenvalue weighted by atomic mass is 32.1. The molecule has 3 aromatic rings. The van der Waals surface area contributed by atoms with Crippen LogP contribution in [0, 0.1) is 0 Å². The Hall–Kier alpha value is -2.94. The zero-order valence-corrected chi connectivity index (χ0v) is 16.2. The number of pyridine rings is 1. The Morgan fingerprint density at radius 2 is 2.00 bits per heavy atom. The summed E-state index contributed by atoms with van der Waals surface area (Å²) in [4.78, 5) is 38.2. The zero-order valence-electron chi connectivity index (χ0n) is 15.3. The highest BCUT2D eigenvalue weighted by molar-refractivity contribution is 7.21. The van der Waals surface area contributed by atoms with Gasteiger partial charge in [-0.05, 0) is 24.3 Å². The second kappa shape index (κ2) is 8.39. The van der Waals surface area contributed by atoms with E-state index < -0.39 is 0 Å². The summed E-state index contributed by atoms with van der Waals surface area (Å²) >= 11 is 1.57. The van der Waals surface area contributed by atoms with Gasteiger partial charge in [0.15, 0.2) is 5.13 Å². The van der Waals surface area contributed by atoms with E-state index in [9.17, 15) is 9.59 Å².